The van der Waals surface area contributed by atoms with Crippen LogP contribution in [0.2, 0.25) is 0 Å². The van der Waals surface area contributed by atoms with Gasteiger partial charge in [-0.25, -0.2) is 0 Å². The van der Waals surface area contributed by atoms with Crippen LogP contribution in [0.1, 0.15) is 22.8 Å². The number of ketones is 1. The van der Waals surface area contributed by atoms with E-state index >= 15 is 0 Å². The Bertz CT molecular complexity index is 404. The predicted molar refractivity (Wildman–Crippen MR) is 50.0 cm³/mol. The minimum atomic E-state index is -0.249. The SMILES string of the molecule is CC(=O)c1c(N)ccc(N)c1C#N. The van der Waals surface area contributed by atoms with Gasteiger partial charge >= 0.3 is 0 Å². The molecule has 0 aromatic heterocycles. The molecule has 4 N–H and O–H groups in total. The summed E-state index contributed by atoms with van der Waals surface area (Å²) in [5, 5.41) is 8.73. The molecule has 1 rings (SSSR count). The van der Waals surface area contributed by atoms with Gasteiger partial charge in [0.1, 0.15) is 6.07 Å². The molecule has 0 spiro atoms. The Morgan fingerprint density at radius 1 is 1.38 bits per heavy atom. The van der Waals surface area contributed by atoms with E-state index in [9.17, 15) is 4.79 Å². The maximum Gasteiger partial charge on any atom is 0.163 e. The highest BCUT2D eigenvalue weighted by molar-refractivity contribution is 6.02. The summed E-state index contributed by atoms with van der Waals surface area (Å²) in [6, 6.07) is 4.90. The lowest BCUT2D eigenvalue weighted by atomic mass is 10.0. The molecule has 0 saturated carbocycles. The van der Waals surface area contributed by atoms with E-state index in [0.29, 0.717) is 5.69 Å². The quantitative estimate of drug-likeness (QED) is 0.490. The van der Waals surface area contributed by atoms with Crippen molar-refractivity contribution in [3.05, 3.63) is 23.3 Å². The number of anilines is 2. The van der Waals surface area contributed by atoms with Crippen LogP contribution in [0.15, 0.2) is 12.1 Å². The third kappa shape index (κ3) is 1.44. The third-order valence-electron chi connectivity index (χ3n) is 1.73. The summed E-state index contributed by atoms with van der Waals surface area (Å²) in [6.45, 7) is 1.35. The van der Waals surface area contributed by atoms with E-state index in [1.54, 1.807) is 0 Å². The lowest BCUT2D eigenvalue weighted by Gasteiger charge is -2.05. The number of nitrogen functional groups attached to an aromatic ring is 2. The first-order valence-corrected chi connectivity index (χ1v) is 3.67. The van der Waals surface area contributed by atoms with Crippen LogP contribution >= 0.6 is 0 Å². The fourth-order valence-corrected chi connectivity index (χ4v) is 1.13. The van der Waals surface area contributed by atoms with Crippen LogP contribution in [0.5, 0.6) is 0 Å². The Labute approximate surface area is 75.8 Å². The van der Waals surface area contributed by atoms with Gasteiger partial charge in [0.15, 0.2) is 5.78 Å². The fourth-order valence-electron chi connectivity index (χ4n) is 1.13. The highest BCUT2D eigenvalue weighted by Crippen LogP contribution is 2.22. The van der Waals surface area contributed by atoms with E-state index < -0.39 is 0 Å². The normalized spacial score (nSPS) is 9.23. The monoisotopic (exact) mass is 175 g/mol. The van der Waals surface area contributed by atoms with E-state index in [4.69, 9.17) is 16.7 Å². The van der Waals surface area contributed by atoms with Gasteiger partial charge < -0.3 is 11.5 Å². The maximum atomic E-state index is 11.1. The molecular weight excluding hydrogens is 166 g/mol. The summed E-state index contributed by atoms with van der Waals surface area (Å²) in [6.07, 6.45) is 0. The highest BCUT2D eigenvalue weighted by Gasteiger charge is 2.13. The molecule has 4 nitrogen and oxygen atoms in total. The van der Waals surface area contributed by atoms with Gasteiger partial charge in [-0.05, 0) is 19.1 Å². The van der Waals surface area contributed by atoms with Crippen molar-refractivity contribution in [2.24, 2.45) is 0 Å². The van der Waals surface area contributed by atoms with Gasteiger partial charge in [0.05, 0.1) is 16.8 Å². The molecule has 0 amide bonds. The predicted octanol–water partition coefficient (Wildman–Crippen LogP) is 0.925. The molecule has 0 aliphatic carbocycles. The fraction of sp³-hybridized carbons (Fsp3) is 0.111. The van der Waals surface area contributed by atoms with Crippen molar-refractivity contribution in [1.29, 1.82) is 5.26 Å². The number of nitrogens with zero attached hydrogens (tertiary/aromatic N) is 1. The molecule has 0 heterocycles. The molecule has 66 valence electrons. The van der Waals surface area contributed by atoms with Gasteiger partial charge in [-0.15, -0.1) is 0 Å². The van der Waals surface area contributed by atoms with Crippen LogP contribution < -0.4 is 11.5 Å². The Balaban J connectivity index is 3.55. The Hall–Kier alpha value is -2.02. The van der Waals surface area contributed by atoms with Gasteiger partial charge in [-0.3, -0.25) is 4.79 Å². The van der Waals surface area contributed by atoms with Crippen molar-refractivity contribution >= 4 is 17.2 Å². The average molecular weight is 175 g/mol. The first kappa shape index (κ1) is 9.07. The van der Waals surface area contributed by atoms with Crippen LogP contribution in [-0.2, 0) is 0 Å². The van der Waals surface area contributed by atoms with E-state index in [1.807, 2.05) is 6.07 Å². The van der Waals surface area contributed by atoms with Gasteiger partial charge in [-0.1, -0.05) is 0 Å². The van der Waals surface area contributed by atoms with Crippen molar-refractivity contribution < 1.29 is 4.79 Å². The first-order valence-electron chi connectivity index (χ1n) is 3.67. The number of hydrogen-bond acceptors (Lipinski definition) is 4. The lowest BCUT2D eigenvalue weighted by Crippen LogP contribution is -2.05. The Morgan fingerprint density at radius 2 is 1.92 bits per heavy atom. The van der Waals surface area contributed by atoms with Gasteiger partial charge in [0.2, 0.25) is 0 Å². The summed E-state index contributed by atoms with van der Waals surface area (Å²) < 4.78 is 0. The number of Topliss-reactive ketones (excluding diaryl/α,β-unsaturated/α-hetero) is 1. The minimum absolute atomic E-state index is 0.160. The molecule has 0 aliphatic heterocycles. The van der Waals surface area contributed by atoms with Gasteiger partial charge in [-0.2, -0.15) is 5.26 Å². The van der Waals surface area contributed by atoms with E-state index in [2.05, 4.69) is 0 Å². The second kappa shape index (κ2) is 3.15. The zero-order chi connectivity index (χ0) is 10.0. The zero-order valence-corrected chi connectivity index (χ0v) is 7.16. The molecule has 0 aliphatic rings. The van der Waals surface area contributed by atoms with Gasteiger partial charge in [0.25, 0.3) is 0 Å². The summed E-state index contributed by atoms with van der Waals surface area (Å²) in [7, 11) is 0. The maximum absolute atomic E-state index is 11.1. The van der Waals surface area contributed by atoms with Crippen molar-refractivity contribution in [2.45, 2.75) is 6.92 Å². The topological polar surface area (TPSA) is 92.9 Å². The summed E-state index contributed by atoms with van der Waals surface area (Å²) in [5.41, 5.74) is 12.0. The second-order valence-electron chi connectivity index (χ2n) is 2.66. The van der Waals surface area contributed by atoms with E-state index in [0.717, 1.165) is 0 Å². The van der Waals surface area contributed by atoms with Crippen molar-refractivity contribution in [2.75, 3.05) is 11.5 Å². The lowest BCUT2D eigenvalue weighted by molar-refractivity contribution is 0.101. The number of rotatable bonds is 1. The summed E-state index contributed by atoms with van der Waals surface area (Å²) >= 11 is 0. The van der Waals surface area contributed by atoms with Crippen LogP contribution in [0.4, 0.5) is 11.4 Å². The Morgan fingerprint density at radius 3 is 2.31 bits per heavy atom. The molecule has 0 saturated heterocycles. The number of hydrogen-bond donors (Lipinski definition) is 2. The summed E-state index contributed by atoms with van der Waals surface area (Å²) in [5.74, 6) is -0.249. The number of carbonyl (C=O) groups excluding carboxylic acids is 1. The number of benzene rings is 1. The summed E-state index contributed by atoms with van der Waals surface area (Å²) in [4.78, 5) is 11.1. The number of nitrogens with two attached hydrogens (primary N) is 2. The number of carbonyl (C=O) groups is 1. The smallest absolute Gasteiger partial charge is 0.163 e. The van der Waals surface area contributed by atoms with Crippen molar-refractivity contribution in [3.8, 4) is 6.07 Å². The molecule has 1 aromatic rings. The zero-order valence-electron chi connectivity index (χ0n) is 7.16. The van der Waals surface area contributed by atoms with Gasteiger partial charge in [0, 0.05) is 5.69 Å². The van der Waals surface area contributed by atoms with Crippen LogP contribution in [0.25, 0.3) is 0 Å². The molecule has 0 atom stereocenters. The highest BCUT2D eigenvalue weighted by atomic mass is 16.1. The molecule has 13 heavy (non-hydrogen) atoms. The molecule has 0 fully saturated rings. The average Bonchev–Trinajstić information content (AvgIpc) is 2.07. The number of nitriles is 1. The molecule has 4 heteroatoms. The van der Waals surface area contributed by atoms with Crippen molar-refractivity contribution in [1.82, 2.24) is 0 Å². The standard InChI is InChI=1S/C9H9N3O/c1-5(13)9-6(4-10)7(11)2-3-8(9)12/h2-3H,11-12H2,1H3. The van der Waals surface area contributed by atoms with Crippen LogP contribution in [0, 0.1) is 11.3 Å². The first-order chi connectivity index (χ1) is 6.07. The third-order valence-corrected chi connectivity index (χ3v) is 1.73. The molecule has 1 aromatic carbocycles. The largest absolute Gasteiger partial charge is 0.398 e. The molecule has 0 bridgehead atoms. The molecule has 0 radical (unpaired) electrons. The van der Waals surface area contributed by atoms with E-state index in [-0.39, 0.29) is 22.6 Å². The van der Waals surface area contributed by atoms with Crippen LogP contribution in [0.3, 0.4) is 0 Å². The molecular formula is C9H9N3O. The molecule has 0 unspecified atom stereocenters. The van der Waals surface area contributed by atoms with Crippen LogP contribution in [-0.4, -0.2) is 5.78 Å². The Kier molecular flexibility index (Phi) is 2.20. The second-order valence-corrected chi connectivity index (χ2v) is 2.66. The minimum Gasteiger partial charge on any atom is -0.398 e. The van der Waals surface area contributed by atoms with Crippen molar-refractivity contribution in [3.63, 3.8) is 0 Å². The van der Waals surface area contributed by atoms with E-state index in [1.165, 1.54) is 19.1 Å².